The highest BCUT2D eigenvalue weighted by Crippen LogP contribution is 2.29. The second kappa shape index (κ2) is 6.40. The van der Waals surface area contributed by atoms with Crippen LogP contribution < -0.4 is 5.32 Å². The van der Waals surface area contributed by atoms with Gasteiger partial charge < -0.3 is 9.72 Å². The van der Waals surface area contributed by atoms with Gasteiger partial charge in [0.25, 0.3) is 0 Å². The lowest BCUT2D eigenvalue weighted by molar-refractivity contribution is 0.351. The van der Waals surface area contributed by atoms with Crippen LogP contribution in [0, 0.1) is 12.8 Å². The fourth-order valence-corrected chi connectivity index (χ4v) is 4.09. The van der Waals surface area contributed by atoms with E-state index in [4.69, 9.17) is 0 Å². The number of fused-ring (bicyclic) bond motifs is 2. The van der Waals surface area contributed by atoms with E-state index in [0.717, 1.165) is 18.6 Å². The molecule has 124 valence electrons. The van der Waals surface area contributed by atoms with Crippen molar-refractivity contribution in [1.82, 2.24) is 14.7 Å². The normalized spacial score (nSPS) is 15.8. The van der Waals surface area contributed by atoms with Gasteiger partial charge in [0.1, 0.15) is 5.65 Å². The summed E-state index contributed by atoms with van der Waals surface area (Å²) in [6, 6.07) is 13.7. The van der Waals surface area contributed by atoms with Crippen LogP contribution in [0.5, 0.6) is 0 Å². The van der Waals surface area contributed by atoms with E-state index in [-0.39, 0.29) is 0 Å². The number of hydrogen-bond acceptors (Lipinski definition) is 2. The van der Waals surface area contributed by atoms with Crippen molar-refractivity contribution < 1.29 is 0 Å². The fraction of sp³-hybridized carbons (Fsp3) is 0.381. The van der Waals surface area contributed by atoms with E-state index in [2.05, 4.69) is 71.1 Å². The molecule has 3 nitrogen and oxygen atoms in total. The number of rotatable bonds is 5. The lowest BCUT2D eigenvalue weighted by Gasteiger charge is -2.23. The van der Waals surface area contributed by atoms with E-state index in [1.165, 1.54) is 35.2 Å². The first-order valence-electron chi connectivity index (χ1n) is 8.98. The smallest absolute Gasteiger partial charge is 0.139 e. The van der Waals surface area contributed by atoms with Gasteiger partial charge in [-0.05, 0) is 54.9 Å². The topological polar surface area (TPSA) is 29.3 Å². The van der Waals surface area contributed by atoms with Gasteiger partial charge in [0.15, 0.2) is 0 Å². The summed E-state index contributed by atoms with van der Waals surface area (Å²) in [4.78, 5) is 4.57. The Morgan fingerprint density at radius 3 is 2.62 bits per heavy atom. The molecule has 1 unspecified atom stereocenters. The summed E-state index contributed by atoms with van der Waals surface area (Å²) in [6.45, 7) is 5.28. The lowest BCUT2D eigenvalue weighted by Crippen LogP contribution is -2.36. The van der Waals surface area contributed by atoms with E-state index in [0.29, 0.717) is 12.0 Å². The van der Waals surface area contributed by atoms with Gasteiger partial charge in [-0.3, -0.25) is 0 Å². The highest BCUT2D eigenvalue weighted by atomic mass is 15.0. The molecular weight excluding hydrogens is 294 g/mol. The first-order valence-corrected chi connectivity index (χ1v) is 8.98. The van der Waals surface area contributed by atoms with Crippen LogP contribution in [0.15, 0.2) is 48.8 Å². The number of nitrogens with one attached hydrogen (secondary N) is 1. The van der Waals surface area contributed by atoms with E-state index < -0.39 is 0 Å². The molecule has 0 spiro atoms. The quantitative estimate of drug-likeness (QED) is 0.772. The Labute approximate surface area is 143 Å². The molecule has 1 atom stereocenters. The van der Waals surface area contributed by atoms with Crippen LogP contribution in [0.1, 0.15) is 35.7 Å². The Balaban J connectivity index is 1.47. The third kappa shape index (κ3) is 2.73. The van der Waals surface area contributed by atoms with Gasteiger partial charge in [0.05, 0.1) is 11.9 Å². The summed E-state index contributed by atoms with van der Waals surface area (Å²) in [5.41, 5.74) is 6.60. The number of aryl methyl sites for hydroxylation is 1. The maximum Gasteiger partial charge on any atom is 0.139 e. The summed E-state index contributed by atoms with van der Waals surface area (Å²) in [5.74, 6) is 0.702. The third-order valence-electron chi connectivity index (χ3n) is 5.44. The molecule has 0 bridgehead atoms. The van der Waals surface area contributed by atoms with Gasteiger partial charge in [-0.1, -0.05) is 37.3 Å². The summed E-state index contributed by atoms with van der Waals surface area (Å²) in [6.07, 6.45) is 7.68. The van der Waals surface area contributed by atoms with Crippen LogP contribution in [-0.4, -0.2) is 15.4 Å². The number of imidazole rings is 1. The van der Waals surface area contributed by atoms with Gasteiger partial charge in [-0.15, -0.1) is 0 Å². The molecule has 1 aromatic carbocycles. The van der Waals surface area contributed by atoms with Crippen LogP contribution in [-0.2, 0) is 19.4 Å². The molecule has 3 aromatic rings. The molecule has 1 aliphatic carbocycles. The minimum Gasteiger partial charge on any atom is -0.308 e. The number of aromatic nitrogens is 2. The SMILES string of the molecule is CCC(NCc1cnc2c(C)cccn12)C1Cc2ccccc2C1. The molecular formula is C21H25N3. The van der Waals surface area contributed by atoms with E-state index >= 15 is 0 Å². The summed E-state index contributed by atoms with van der Waals surface area (Å²) in [5, 5.41) is 3.80. The van der Waals surface area contributed by atoms with Crippen molar-refractivity contribution in [3.63, 3.8) is 0 Å². The second-order valence-corrected chi connectivity index (χ2v) is 6.97. The Kier molecular flexibility index (Phi) is 4.11. The third-order valence-corrected chi connectivity index (χ3v) is 5.44. The Hall–Kier alpha value is -2.13. The van der Waals surface area contributed by atoms with Crippen molar-refractivity contribution >= 4 is 5.65 Å². The molecule has 2 aromatic heterocycles. The largest absolute Gasteiger partial charge is 0.308 e. The average molecular weight is 319 g/mol. The Bertz CT molecular complexity index is 824. The molecule has 0 fully saturated rings. The van der Waals surface area contributed by atoms with Crippen molar-refractivity contribution in [2.75, 3.05) is 0 Å². The lowest BCUT2D eigenvalue weighted by atomic mass is 9.94. The first-order chi connectivity index (χ1) is 11.8. The molecule has 0 aliphatic heterocycles. The average Bonchev–Trinajstić information content (AvgIpc) is 3.20. The highest BCUT2D eigenvalue weighted by Gasteiger charge is 2.27. The molecule has 1 N–H and O–H groups in total. The zero-order chi connectivity index (χ0) is 16.5. The number of pyridine rings is 1. The van der Waals surface area contributed by atoms with Gasteiger partial charge in [-0.25, -0.2) is 4.98 Å². The van der Waals surface area contributed by atoms with Gasteiger partial charge in [0, 0.05) is 18.8 Å². The van der Waals surface area contributed by atoms with Crippen LogP contribution in [0.4, 0.5) is 0 Å². The molecule has 4 rings (SSSR count). The predicted molar refractivity (Wildman–Crippen MR) is 98.2 cm³/mol. The number of hydrogen-bond donors (Lipinski definition) is 1. The molecule has 0 amide bonds. The standard InChI is InChI=1S/C21H25N3/c1-3-20(18-11-16-8-4-5-9-17(16)12-18)22-13-19-14-23-21-15(2)7-6-10-24(19)21/h4-10,14,18,20,22H,3,11-13H2,1-2H3. The zero-order valence-corrected chi connectivity index (χ0v) is 14.5. The van der Waals surface area contributed by atoms with Crippen LogP contribution in [0.3, 0.4) is 0 Å². The zero-order valence-electron chi connectivity index (χ0n) is 14.5. The molecule has 0 radical (unpaired) electrons. The molecule has 0 saturated heterocycles. The fourth-order valence-electron chi connectivity index (χ4n) is 4.09. The van der Waals surface area contributed by atoms with Gasteiger partial charge >= 0.3 is 0 Å². The highest BCUT2D eigenvalue weighted by molar-refractivity contribution is 5.48. The van der Waals surface area contributed by atoms with Crippen LogP contribution in [0.2, 0.25) is 0 Å². The van der Waals surface area contributed by atoms with Crippen molar-refractivity contribution in [1.29, 1.82) is 0 Å². The van der Waals surface area contributed by atoms with Crippen molar-refractivity contribution in [2.45, 2.75) is 45.7 Å². The van der Waals surface area contributed by atoms with Crippen molar-refractivity contribution in [2.24, 2.45) is 5.92 Å². The minimum absolute atomic E-state index is 0.549. The molecule has 0 saturated carbocycles. The molecule has 3 heteroatoms. The Morgan fingerprint density at radius 2 is 1.92 bits per heavy atom. The summed E-state index contributed by atoms with van der Waals surface area (Å²) in [7, 11) is 0. The van der Waals surface area contributed by atoms with Crippen LogP contribution >= 0.6 is 0 Å². The van der Waals surface area contributed by atoms with Crippen molar-refractivity contribution in [3.05, 3.63) is 71.2 Å². The summed E-state index contributed by atoms with van der Waals surface area (Å²) < 4.78 is 2.21. The minimum atomic E-state index is 0.549. The van der Waals surface area contributed by atoms with E-state index in [1.807, 2.05) is 6.20 Å². The second-order valence-electron chi connectivity index (χ2n) is 6.97. The first kappa shape index (κ1) is 15.4. The molecule has 1 aliphatic rings. The Morgan fingerprint density at radius 1 is 1.17 bits per heavy atom. The predicted octanol–water partition coefficient (Wildman–Crippen LogP) is 3.93. The van der Waals surface area contributed by atoms with E-state index in [1.54, 1.807) is 0 Å². The van der Waals surface area contributed by atoms with Gasteiger partial charge in [0.2, 0.25) is 0 Å². The summed E-state index contributed by atoms with van der Waals surface area (Å²) >= 11 is 0. The van der Waals surface area contributed by atoms with Gasteiger partial charge in [-0.2, -0.15) is 0 Å². The van der Waals surface area contributed by atoms with Crippen molar-refractivity contribution in [3.8, 4) is 0 Å². The maximum absolute atomic E-state index is 4.57. The monoisotopic (exact) mass is 319 g/mol. The number of benzene rings is 1. The molecule has 24 heavy (non-hydrogen) atoms. The number of nitrogens with zero attached hydrogens (tertiary/aromatic N) is 2. The van der Waals surface area contributed by atoms with Crippen LogP contribution in [0.25, 0.3) is 5.65 Å². The van der Waals surface area contributed by atoms with E-state index in [9.17, 15) is 0 Å². The maximum atomic E-state index is 4.57. The molecule has 2 heterocycles.